The average molecular weight is 631 g/mol. The van der Waals surface area contributed by atoms with Gasteiger partial charge in [0.2, 0.25) is 0 Å². The van der Waals surface area contributed by atoms with Crippen molar-refractivity contribution in [3.63, 3.8) is 0 Å². The molecule has 0 aromatic heterocycles. The van der Waals surface area contributed by atoms with Gasteiger partial charge in [-0.3, -0.25) is 4.79 Å². The van der Waals surface area contributed by atoms with Crippen molar-refractivity contribution in [1.82, 2.24) is 0 Å². The number of aliphatic hydroxyl groups excluding tert-OH is 1. The fourth-order valence-corrected chi connectivity index (χ4v) is 5.81. The van der Waals surface area contributed by atoms with Crippen LogP contribution in [0.15, 0.2) is 30.4 Å². The number of benzene rings is 1. The second-order valence-corrected chi connectivity index (χ2v) is 12.0. The molecule has 1 saturated heterocycles. The highest BCUT2D eigenvalue weighted by molar-refractivity contribution is 5.69. The normalized spacial score (nSPS) is 23.5. The van der Waals surface area contributed by atoms with Crippen molar-refractivity contribution in [2.24, 2.45) is 23.7 Å². The van der Waals surface area contributed by atoms with Crippen LogP contribution in [0.3, 0.4) is 0 Å². The molecule has 2 aliphatic rings. The van der Waals surface area contributed by atoms with Gasteiger partial charge in [-0.15, -0.1) is 24.7 Å². The zero-order valence-electron chi connectivity index (χ0n) is 26.0. The second-order valence-electron chi connectivity index (χ2n) is 12.0. The molecule has 0 spiro atoms. The highest BCUT2D eigenvalue weighted by Gasteiger charge is 2.43. The molecule has 0 bridgehead atoms. The van der Waals surface area contributed by atoms with Crippen molar-refractivity contribution in [2.75, 3.05) is 19.8 Å². The number of hydrogen-bond acceptors (Lipinski definition) is 8. The Morgan fingerprint density at radius 3 is 2.60 bits per heavy atom. The van der Waals surface area contributed by atoms with E-state index in [1.807, 2.05) is 13.8 Å². The summed E-state index contributed by atoms with van der Waals surface area (Å²) in [6, 6.07) is 2.80. The van der Waals surface area contributed by atoms with E-state index >= 15 is 0 Å². The zero-order valence-corrected chi connectivity index (χ0v) is 26.0. The molecular weight excluding hydrogens is 586 g/mol. The van der Waals surface area contributed by atoms with Gasteiger partial charge in [0.25, 0.3) is 0 Å². The molecule has 0 unspecified atom stereocenters. The van der Waals surface area contributed by atoms with Crippen LogP contribution in [0.2, 0.25) is 0 Å². The summed E-state index contributed by atoms with van der Waals surface area (Å²) in [7, 11) is 0. The molecule has 1 aliphatic heterocycles. The Kier molecular flexibility index (Phi) is 14.7. The lowest BCUT2D eigenvalue weighted by molar-refractivity contribution is -0.147. The first-order chi connectivity index (χ1) is 21.6. The summed E-state index contributed by atoms with van der Waals surface area (Å²) in [5.74, 6) is 2.77. The summed E-state index contributed by atoms with van der Waals surface area (Å²) in [6.45, 7) is 3.82. The molecule has 3 rings (SSSR count). The lowest BCUT2D eigenvalue weighted by Crippen LogP contribution is -2.26. The highest BCUT2D eigenvalue weighted by Crippen LogP contribution is 2.42. The summed E-state index contributed by atoms with van der Waals surface area (Å²) in [6.07, 6.45) is 15.8. The summed E-state index contributed by atoms with van der Waals surface area (Å²) >= 11 is 0. The van der Waals surface area contributed by atoms with Gasteiger partial charge in [0, 0.05) is 50.2 Å². The van der Waals surface area contributed by atoms with Gasteiger partial charge >= 0.3 is 12.1 Å². The number of carbonyl (C=O) groups excluding carboxylic acids is 2. The van der Waals surface area contributed by atoms with E-state index in [4.69, 9.17) is 36.5 Å². The van der Waals surface area contributed by atoms with E-state index < -0.39 is 30.0 Å². The van der Waals surface area contributed by atoms with Crippen LogP contribution in [-0.2, 0) is 23.7 Å². The molecule has 8 nitrogen and oxygen atoms in total. The Morgan fingerprint density at radius 1 is 1.13 bits per heavy atom. The van der Waals surface area contributed by atoms with Gasteiger partial charge in [0.1, 0.15) is 12.4 Å². The van der Waals surface area contributed by atoms with Crippen LogP contribution < -0.4 is 4.74 Å². The third kappa shape index (κ3) is 12.0. The van der Waals surface area contributed by atoms with Gasteiger partial charge in [-0.05, 0) is 69.6 Å². The zero-order chi connectivity index (χ0) is 32.8. The number of esters is 1. The highest BCUT2D eigenvalue weighted by atomic mass is 19.1. The summed E-state index contributed by atoms with van der Waals surface area (Å²) < 4.78 is 55.5. The fraction of sp³-hybridized carbons (Fsp3) is 0.600. The molecule has 0 amide bonds. The van der Waals surface area contributed by atoms with Crippen LogP contribution >= 0.6 is 0 Å². The lowest BCUT2D eigenvalue weighted by Gasteiger charge is -2.22. The van der Waals surface area contributed by atoms with Crippen molar-refractivity contribution >= 4 is 12.1 Å². The molecule has 1 heterocycles. The number of fused-ring (bicyclic) bond motifs is 1. The van der Waals surface area contributed by atoms with Crippen molar-refractivity contribution in [3.05, 3.63) is 42.0 Å². The molecule has 246 valence electrons. The van der Waals surface area contributed by atoms with Gasteiger partial charge in [-0.1, -0.05) is 6.08 Å². The topological polar surface area (TPSA) is 101 Å². The molecule has 2 fully saturated rings. The number of hydrogen-bond donors (Lipinski definition) is 1. The Balaban J connectivity index is 1.64. The first-order valence-electron chi connectivity index (χ1n) is 15.5. The SMILES string of the molecule is C#CCC(CC#C)COC(=O)O[C@H](/C=C/[C@@H]1[C@H]2CC[C@H](CCCC(=O)OC(C)C)CO[C@H]2C[C@H]1O)COc1cc(F)ccc1F. The van der Waals surface area contributed by atoms with Crippen LogP contribution in [0.5, 0.6) is 5.75 Å². The van der Waals surface area contributed by atoms with Gasteiger partial charge in [-0.2, -0.15) is 0 Å². The minimum Gasteiger partial charge on any atom is -0.486 e. The predicted molar refractivity (Wildman–Crippen MR) is 163 cm³/mol. The Hall–Kier alpha value is -3.60. The van der Waals surface area contributed by atoms with Crippen molar-refractivity contribution in [2.45, 2.75) is 89.6 Å². The number of aliphatic hydroxyl groups is 1. The molecule has 1 aliphatic carbocycles. The number of terminal acetylenes is 2. The van der Waals surface area contributed by atoms with Gasteiger partial charge in [0.15, 0.2) is 17.7 Å². The van der Waals surface area contributed by atoms with Crippen LogP contribution in [0.4, 0.5) is 13.6 Å². The van der Waals surface area contributed by atoms with Crippen molar-refractivity contribution < 1.29 is 47.2 Å². The number of halogens is 2. The lowest BCUT2D eigenvalue weighted by atomic mass is 9.86. The van der Waals surface area contributed by atoms with Crippen LogP contribution in [0.25, 0.3) is 0 Å². The van der Waals surface area contributed by atoms with E-state index in [2.05, 4.69) is 11.8 Å². The minimum absolute atomic E-state index is 0.0228. The van der Waals surface area contributed by atoms with Crippen molar-refractivity contribution in [1.29, 1.82) is 0 Å². The molecule has 45 heavy (non-hydrogen) atoms. The van der Waals surface area contributed by atoms with Crippen molar-refractivity contribution in [3.8, 4) is 30.4 Å². The predicted octanol–water partition coefficient (Wildman–Crippen LogP) is 6.00. The maximum absolute atomic E-state index is 14.2. The van der Waals surface area contributed by atoms with E-state index in [-0.39, 0.29) is 60.8 Å². The largest absolute Gasteiger partial charge is 0.508 e. The average Bonchev–Trinajstić information content (AvgIpc) is 3.15. The molecule has 1 N–H and O–H groups in total. The number of rotatable bonds is 15. The first kappa shape index (κ1) is 35.9. The molecular formula is C35H44F2O8. The molecule has 1 saturated carbocycles. The van der Waals surface area contributed by atoms with E-state index in [1.54, 1.807) is 12.2 Å². The van der Waals surface area contributed by atoms with E-state index in [1.165, 1.54) is 0 Å². The third-order valence-electron chi connectivity index (χ3n) is 8.05. The fourth-order valence-electron chi connectivity index (χ4n) is 5.81. The Bertz CT molecular complexity index is 1200. The summed E-state index contributed by atoms with van der Waals surface area (Å²) in [5.41, 5.74) is 0. The van der Waals surface area contributed by atoms with E-state index in [0.29, 0.717) is 38.7 Å². The molecule has 1 aromatic rings. The Labute approximate surface area is 264 Å². The van der Waals surface area contributed by atoms with Gasteiger partial charge in [-0.25, -0.2) is 13.6 Å². The van der Waals surface area contributed by atoms with Crippen LogP contribution in [0, 0.1) is 60.0 Å². The van der Waals surface area contributed by atoms with Crippen LogP contribution in [0.1, 0.15) is 65.2 Å². The first-order valence-corrected chi connectivity index (χ1v) is 15.5. The molecule has 0 radical (unpaired) electrons. The summed E-state index contributed by atoms with van der Waals surface area (Å²) in [4.78, 5) is 24.5. The third-order valence-corrected chi connectivity index (χ3v) is 8.05. The maximum Gasteiger partial charge on any atom is 0.508 e. The smallest absolute Gasteiger partial charge is 0.486 e. The standard InChI is InChI=1S/C35H44F2O8/c1-5-8-24(9-6-2)21-43-35(40)45-27(22-42-33-18-26(36)13-17-30(33)37)14-16-28-29-15-12-25(20-41-32(29)19-31(28)38)10-7-11-34(39)44-23(3)4/h1-2,13-14,16-18,23-25,27-29,31-32,38H,7-12,15,19-22H2,3-4H3/b16-14+/t25-,27+,28+,29+,31+,32-/m0/s1. The Morgan fingerprint density at radius 2 is 1.89 bits per heavy atom. The van der Waals surface area contributed by atoms with E-state index in [9.17, 15) is 23.5 Å². The monoisotopic (exact) mass is 630 g/mol. The van der Waals surface area contributed by atoms with Gasteiger partial charge < -0.3 is 28.8 Å². The van der Waals surface area contributed by atoms with E-state index in [0.717, 1.165) is 37.5 Å². The molecule has 6 atom stereocenters. The minimum atomic E-state index is -1.05. The molecule has 10 heteroatoms. The molecule has 1 aromatic carbocycles. The quantitative estimate of drug-likeness (QED) is 0.143. The number of ether oxygens (including phenoxy) is 5. The summed E-state index contributed by atoms with van der Waals surface area (Å²) in [5, 5.41) is 10.9. The van der Waals surface area contributed by atoms with Crippen LogP contribution in [-0.4, -0.2) is 61.5 Å². The maximum atomic E-state index is 14.2. The second kappa shape index (κ2) is 18.4. The van der Waals surface area contributed by atoms with Gasteiger partial charge in [0.05, 0.1) is 24.9 Å². The number of carbonyl (C=O) groups is 2.